The van der Waals surface area contributed by atoms with E-state index in [1.807, 2.05) is 0 Å². The second-order valence-electron chi connectivity index (χ2n) is 3.57. The number of nitrogens with one attached hydrogen (secondary N) is 1. The summed E-state index contributed by atoms with van der Waals surface area (Å²) in [5.74, 6) is 0. The van der Waals surface area contributed by atoms with Crippen LogP contribution in [0.4, 0.5) is 24.5 Å². The quantitative estimate of drug-likeness (QED) is 0.540. The maximum absolute atomic E-state index is 12.7. The molecular formula is C11H15F3N2O2. The molecular weight excluding hydrogens is 249 g/mol. The topological polar surface area (TPSA) is 67.5 Å². The highest BCUT2D eigenvalue weighted by atomic mass is 19.4. The number of ether oxygens (including phenoxy) is 1. The highest BCUT2D eigenvalue weighted by Crippen LogP contribution is 2.35. The summed E-state index contributed by atoms with van der Waals surface area (Å²) in [5, 5.41) is 11.1. The van der Waals surface area contributed by atoms with Crippen molar-refractivity contribution in [3.8, 4) is 0 Å². The summed E-state index contributed by atoms with van der Waals surface area (Å²) < 4.78 is 43.0. The second kappa shape index (κ2) is 6.46. The molecule has 0 aromatic heterocycles. The minimum Gasteiger partial charge on any atom is -0.399 e. The number of hydrogen-bond donors (Lipinski definition) is 3. The number of nitrogens with two attached hydrogens (primary N) is 1. The second-order valence-corrected chi connectivity index (χ2v) is 3.57. The van der Waals surface area contributed by atoms with E-state index in [2.05, 4.69) is 5.32 Å². The highest BCUT2D eigenvalue weighted by molar-refractivity contribution is 5.59. The van der Waals surface area contributed by atoms with Crippen LogP contribution in [0, 0.1) is 0 Å². The van der Waals surface area contributed by atoms with E-state index in [9.17, 15) is 13.2 Å². The normalized spacial score (nSPS) is 11.6. The first-order valence-electron chi connectivity index (χ1n) is 5.34. The monoisotopic (exact) mass is 264 g/mol. The summed E-state index contributed by atoms with van der Waals surface area (Å²) in [6, 6.07) is 3.56. The first-order valence-corrected chi connectivity index (χ1v) is 5.34. The predicted octanol–water partition coefficient (Wildman–Crippen LogP) is 1.71. The van der Waals surface area contributed by atoms with Gasteiger partial charge in [0.25, 0.3) is 0 Å². The number of alkyl halides is 3. The van der Waals surface area contributed by atoms with E-state index in [4.69, 9.17) is 15.6 Å². The molecule has 4 nitrogen and oxygen atoms in total. The molecule has 4 N–H and O–H groups in total. The molecule has 18 heavy (non-hydrogen) atoms. The first kappa shape index (κ1) is 14.6. The summed E-state index contributed by atoms with van der Waals surface area (Å²) in [5.41, 5.74) is 4.56. The van der Waals surface area contributed by atoms with Crippen LogP contribution in [0.3, 0.4) is 0 Å². The zero-order chi connectivity index (χ0) is 13.6. The van der Waals surface area contributed by atoms with Gasteiger partial charge < -0.3 is 20.9 Å². The van der Waals surface area contributed by atoms with Crippen molar-refractivity contribution in [3.05, 3.63) is 23.8 Å². The number of nitrogen functional groups attached to an aromatic ring is 1. The summed E-state index contributed by atoms with van der Waals surface area (Å²) in [7, 11) is 0. The molecule has 0 aliphatic heterocycles. The Balaban J connectivity index is 2.65. The van der Waals surface area contributed by atoms with Gasteiger partial charge in [0.2, 0.25) is 0 Å². The van der Waals surface area contributed by atoms with E-state index in [-0.39, 0.29) is 37.7 Å². The smallest absolute Gasteiger partial charge is 0.399 e. The van der Waals surface area contributed by atoms with Gasteiger partial charge in [-0.1, -0.05) is 0 Å². The van der Waals surface area contributed by atoms with Crippen molar-refractivity contribution in [2.45, 2.75) is 6.18 Å². The number of anilines is 2. The summed E-state index contributed by atoms with van der Waals surface area (Å²) in [4.78, 5) is 0. The average molecular weight is 264 g/mol. The van der Waals surface area contributed by atoms with Crippen LogP contribution >= 0.6 is 0 Å². The summed E-state index contributed by atoms with van der Waals surface area (Å²) in [6.07, 6.45) is -4.45. The van der Waals surface area contributed by atoms with Gasteiger partial charge in [0.1, 0.15) is 0 Å². The lowest BCUT2D eigenvalue weighted by Crippen LogP contribution is -2.15. The Morgan fingerprint density at radius 2 is 2.00 bits per heavy atom. The summed E-state index contributed by atoms with van der Waals surface area (Å²) >= 11 is 0. The lowest BCUT2D eigenvalue weighted by molar-refractivity contribution is -0.136. The van der Waals surface area contributed by atoms with Crippen molar-refractivity contribution >= 4 is 11.4 Å². The largest absolute Gasteiger partial charge is 0.418 e. The third-order valence-corrected chi connectivity index (χ3v) is 2.15. The number of rotatable bonds is 6. The van der Waals surface area contributed by atoms with Crippen LogP contribution in [0.15, 0.2) is 18.2 Å². The molecule has 1 rings (SSSR count). The lowest BCUT2D eigenvalue weighted by atomic mass is 10.1. The zero-order valence-electron chi connectivity index (χ0n) is 9.63. The summed E-state index contributed by atoms with van der Waals surface area (Å²) in [6.45, 7) is 0.473. The van der Waals surface area contributed by atoms with Crippen LogP contribution in [-0.2, 0) is 10.9 Å². The van der Waals surface area contributed by atoms with Gasteiger partial charge in [-0.25, -0.2) is 0 Å². The van der Waals surface area contributed by atoms with Gasteiger partial charge in [-0.15, -0.1) is 0 Å². The van der Waals surface area contributed by atoms with Crippen LogP contribution in [0.5, 0.6) is 0 Å². The van der Waals surface area contributed by atoms with E-state index in [0.29, 0.717) is 0 Å². The Hall–Kier alpha value is -1.47. The van der Waals surface area contributed by atoms with Crippen LogP contribution in [-0.4, -0.2) is 31.5 Å². The molecule has 0 radical (unpaired) electrons. The number of halogens is 3. The Morgan fingerprint density at radius 3 is 2.61 bits per heavy atom. The van der Waals surface area contributed by atoms with Gasteiger partial charge in [0.05, 0.1) is 25.4 Å². The highest BCUT2D eigenvalue weighted by Gasteiger charge is 2.33. The van der Waals surface area contributed by atoms with E-state index in [1.54, 1.807) is 0 Å². The van der Waals surface area contributed by atoms with Gasteiger partial charge in [-0.05, 0) is 18.2 Å². The Bertz CT molecular complexity index is 383. The van der Waals surface area contributed by atoms with Gasteiger partial charge >= 0.3 is 6.18 Å². The van der Waals surface area contributed by atoms with Crippen molar-refractivity contribution in [1.82, 2.24) is 0 Å². The molecule has 0 bridgehead atoms. The van der Waals surface area contributed by atoms with Gasteiger partial charge in [-0.2, -0.15) is 13.2 Å². The van der Waals surface area contributed by atoms with Crippen molar-refractivity contribution in [3.63, 3.8) is 0 Å². The van der Waals surface area contributed by atoms with E-state index >= 15 is 0 Å². The van der Waals surface area contributed by atoms with Crippen molar-refractivity contribution in [2.75, 3.05) is 37.4 Å². The molecule has 0 atom stereocenters. The van der Waals surface area contributed by atoms with Crippen LogP contribution < -0.4 is 11.1 Å². The Kier molecular flexibility index (Phi) is 5.24. The third kappa shape index (κ3) is 4.42. The number of hydrogen-bond acceptors (Lipinski definition) is 4. The molecule has 0 heterocycles. The molecule has 1 aromatic carbocycles. The van der Waals surface area contributed by atoms with Gasteiger partial charge in [-0.3, -0.25) is 0 Å². The maximum atomic E-state index is 12.7. The predicted molar refractivity (Wildman–Crippen MR) is 62.3 cm³/mol. The number of aliphatic hydroxyl groups excluding tert-OH is 1. The van der Waals surface area contributed by atoms with Crippen molar-refractivity contribution in [1.29, 1.82) is 0 Å². The van der Waals surface area contributed by atoms with Crippen LogP contribution in [0.1, 0.15) is 5.56 Å². The fourth-order valence-electron chi connectivity index (χ4n) is 1.38. The van der Waals surface area contributed by atoms with Crippen molar-refractivity contribution < 1.29 is 23.0 Å². The Morgan fingerprint density at radius 1 is 1.28 bits per heavy atom. The average Bonchev–Trinajstić information content (AvgIpc) is 2.29. The lowest BCUT2D eigenvalue weighted by Gasteiger charge is -2.15. The molecule has 0 aliphatic carbocycles. The SMILES string of the molecule is Nc1ccc(NCCOCCO)c(C(F)(F)F)c1. The van der Waals surface area contributed by atoms with E-state index in [0.717, 1.165) is 6.07 Å². The standard InChI is InChI=1S/C11H15F3N2O2/c12-11(13,14)9-7-8(15)1-2-10(9)16-3-5-18-6-4-17/h1-2,7,16-17H,3-6,15H2. The number of benzene rings is 1. The molecule has 0 saturated heterocycles. The van der Waals surface area contributed by atoms with E-state index in [1.165, 1.54) is 12.1 Å². The molecule has 0 saturated carbocycles. The fourth-order valence-corrected chi connectivity index (χ4v) is 1.38. The van der Waals surface area contributed by atoms with Crippen LogP contribution in [0.2, 0.25) is 0 Å². The molecule has 0 fully saturated rings. The first-order chi connectivity index (χ1) is 8.45. The molecule has 1 aromatic rings. The number of aliphatic hydroxyl groups is 1. The third-order valence-electron chi connectivity index (χ3n) is 2.15. The molecule has 102 valence electrons. The van der Waals surface area contributed by atoms with Crippen molar-refractivity contribution in [2.24, 2.45) is 0 Å². The maximum Gasteiger partial charge on any atom is 0.418 e. The molecule has 0 unspecified atom stereocenters. The van der Waals surface area contributed by atoms with E-state index < -0.39 is 11.7 Å². The zero-order valence-corrected chi connectivity index (χ0v) is 9.63. The minimum absolute atomic E-state index is 0.0377. The molecule has 0 aliphatic rings. The molecule has 0 spiro atoms. The molecule has 7 heteroatoms. The minimum atomic E-state index is -4.45. The Labute approximate surface area is 103 Å². The molecule has 0 amide bonds. The fraction of sp³-hybridized carbons (Fsp3) is 0.455. The van der Waals surface area contributed by atoms with Gasteiger partial charge in [0.15, 0.2) is 0 Å². The van der Waals surface area contributed by atoms with Gasteiger partial charge in [0, 0.05) is 17.9 Å². The van der Waals surface area contributed by atoms with Crippen LogP contribution in [0.25, 0.3) is 0 Å².